The Morgan fingerprint density at radius 2 is 1.30 bits per heavy atom. The Morgan fingerprint density at radius 1 is 0.783 bits per heavy atom. The van der Waals surface area contributed by atoms with Gasteiger partial charge < -0.3 is 9.31 Å². The van der Waals surface area contributed by atoms with Crippen molar-refractivity contribution in [3.05, 3.63) is 36.3 Å². The van der Waals surface area contributed by atoms with Gasteiger partial charge in [0.2, 0.25) is 0 Å². The summed E-state index contributed by atoms with van der Waals surface area (Å²) >= 11 is 0. The molecule has 0 fully saturated rings. The number of rotatable bonds is 12. The molecule has 0 saturated carbocycles. The fraction of sp³-hybridized carbons (Fsp3) is 0.600. The first kappa shape index (κ1) is 18.0. The Bertz CT molecular complexity index is 434. The van der Waals surface area contributed by atoms with E-state index >= 15 is 0 Å². The molecule has 2 rings (SSSR count). The number of hydrogen-bond acceptors (Lipinski definition) is 2. The third-order valence-electron chi connectivity index (χ3n) is 4.35. The first-order valence-electron chi connectivity index (χ1n) is 9.49. The maximum atomic E-state index is 5.70. The Labute approximate surface area is 142 Å². The second-order valence-corrected chi connectivity index (χ2v) is 6.45. The number of benzene rings is 1. The molecule has 0 amide bonds. The molecule has 0 aliphatic carbocycles. The van der Waals surface area contributed by atoms with Crippen molar-refractivity contribution >= 4 is 7.12 Å². The molecule has 1 aliphatic rings. The smallest absolute Gasteiger partial charge is 0.520 e. The van der Waals surface area contributed by atoms with Gasteiger partial charge in [-0.25, -0.2) is 0 Å². The van der Waals surface area contributed by atoms with Crippen molar-refractivity contribution in [3.8, 4) is 11.5 Å². The normalized spacial score (nSPS) is 13.2. The van der Waals surface area contributed by atoms with E-state index in [0.717, 1.165) is 17.9 Å². The number of fused-ring (bicyclic) bond motifs is 1. The van der Waals surface area contributed by atoms with Crippen molar-refractivity contribution in [2.45, 2.75) is 77.6 Å². The molecule has 1 aromatic carbocycles. The molecule has 0 spiro atoms. The van der Waals surface area contributed by atoms with Gasteiger partial charge in [0.05, 0.1) is 0 Å². The summed E-state index contributed by atoms with van der Waals surface area (Å²) in [5.41, 5.74) is 0. The molecule has 2 nitrogen and oxygen atoms in total. The van der Waals surface area contributed by atoms with Crippen LogP contribution in [0.5, 0.6) is 11.5 Å². The number of unbranched alkanes of at least 4 members (excludes halogenated alkanes) is 10. The zero-order chi connectivity index (χ0) is 16.2. The second-order valence-electron chi connectivity index (χ2n) is 6.45. The van der Waals surface area contributed by atoms with Crippen LogP contribution in [-0.2, 0) is 0 Å². The fourth-order valence-electron chi connectivity index (χ4n) is 2.95. The molecule has 126 valence electrons. The molecule has 1 aromatic rings. The van der Waals surface area contributed by atoms with Gasteiger partial charge in [0.25, 0.3) is 0 Å². The van der Waals surface area contributed by atoms with E-state index in [1.807, 2.05) is 30.2 Å². The van der Waals surface area contributed by atoms with E-state index in [4.69, 9.17) is 9.31 Å². The van der Waals surface area contributed by atoms with Gasteiger partial charge in [-0.2, -0.15) is 0 Å². The van der Waals surface area contributed by atoms with E-state index in [2.05, 4.69) is 13.0 Å². The minimum Gasteiger partial charge on any atom is -0.520 e. The maximum Gasteiger partial charge on any atom is 0.624 e. The Morgan fingerprint density at radius 3 is 1.87 bits per heavy atom. The first-order chi connectivity index (χ1) is 11.4. The quantitative estimate of drug-likeness (QED) is 0.330. The Balaban J connectivity index is 1.41. The van der Waals surface area contributed by atoms with E-state index in [9.17, 15) is 0 Å². The van der Waals surface area contributed by atoms with Crippen molar-refractivity contribution in [2.75, 3.05) is 0 Å². The van der Waals surface area contributed by atoms with E-state index in [0.29, 0.717) is 0 Å². The monoisotopic (exact) mass is 314 g/mol. The van der Waals surface area contributed by atoms with E-state index in [1.165, 1.54) is 64.2 Å². The Kier molecular flexibility index (Phi) is 8.76. The number of allylic oxidation sites excluding steroid dienone is 1. The minimum absolute atomic E-state index is 0.240. The van der Waals surface area contributed by atoms with Crippen LogP contribution in [0.2, 0.25) is 0 Å². The van der Waals surface area contributed by atoms with Gasteiger partial charge in [-0.1, -0.05) is 82.9 Å². The van der Waals surface area contributed by atoms with Crippen LogP contribution in [-0.4, -0.2) is 7.12 Å². The van der Waals surface area contributed by atoms with Crippen molar-refractivity contribution in [3.63, 3.8) is 0 Å². The molecular weight excluding hydrogens is 283 g/mol. The van der Waals surface area contributed by atoms with E-state index in [1.54, 1.807) is 0 Å². The lowest BCUT2D eigenvalue weighted by Gasteiger charge is -2.01. The molecule has 0 aromatic heterocycles. The lowest BCUT2D eigenvalue weighted by molar-refractivity contribution is 0.516. The van der Waals surface area contributed by atoms with Crippen LogP contribution in [0.3, 0.4) is 0 Å². The summed E-state index contributed by atoms with van der Waals surface area (Å²) in [7, 11) is -0.240. The van der Waals surface area contributed by atoms with Crippen LogP contribution >= 0.6 is 0 Å². The van der Waals surface area contributed by atoms with Gasteiger partial charge in [0.1, 0.15) is 11.5 Å². The highest BCUT2D eigenvalue weighted by Crippen LogP contribution is 2.32. The lowest BCUT2D eigenvalue weighted by Crippen LogP contribution is -2.21. The molecule has 1 heterocycles. The van der Waals surface area contributed by atoms with Crippen LogP contribution in [0.15, 0.2) is 36.3 Å². The van der Waals surface area contributed by atoms with Crippen molar-refractivity contribution in [1.82, 2.24) is 0 Å². The van der Waals surface area contributed by atoms with Crippen LogP contribution in [0.1, 0.15) is 77.6 Å². The molecule has 0 radical (unpaired) electrons. The Hall–Kier alpha value is -1.38. The third kappa shape index (κ3) is 7.15. The highest BCUT2D eigenvalue weighted by Gasteiger charge is 2.28. The fourth-order valence-corrected chi connectivity index (χ4v) is 2.95. The number of para-hydroxylation sites is 2. The van der Waals surface area contributed by atoms with Crippen molar-refractivity contribution < 1.29 is 9.31 Å². The molecule has 23 heavy (non-hydrogen) atoms. The maximum absolute atomic E-state index is 5.70. The molecular formula is C20H31BO2. The topological polar surface area (TPSA) is 18.5 Å². The summed E-state index contributed by atoms with van der Waals surface area (Å²) in [6, 6.07) is 7.84. The molecule has 3 heteroatoms. The average Bonchev–Trinajstić information content (AvgIpc) is 2.98. The van der Waals surface area contributed by atoms with Gasteiger partial charge >= 0.3 is 7.12 Å². The zero-order valence-corrected chi connectivity index (χ0v) is 14.6. The zero-order valence-electron chi connectivity index (χ0n) is 14.6. The molecule has 0 atom stereocenters. The predicted octanol–water partition coefficient (Wildman–Crippen LogP) is 6.35. The average molecular weight is 314 g/mol. The van der Waals surface area contributed by atoms with Crippen molar-refractivity contribution in [1.29, 1.82) is 0 Å². The SMILES string of the molecule is CCCCCCCCCCCC/C=C/B1Oc2ccccc2O1. The van der Waals surface area contributed by atoms with Gasteiger partial charge in [-0.3, -0.25) is 0 Å². The summed E-state index contributed by atoms with van der Waals surface area (Å²) in [5, 5.41) is 0. The summed E-state index contributed by atoms with van der Waals surface area (Å²) in [6.07, 6.45) is 17.2. The van der Waals surface area contributed by atoms with Gasteiger partial charge in [-0.05, 0) is 30.9 Å². The predicted molar refractivity (Wildman–Crippen MR) is 99.1 cm³/mol. The minimum atomic E-state index is -0.240. The second kappa shape index (κ2) is 11.2. The van der Waals surface area contributed by atoms with Gasteiger partial charge in [0, 0.05) is 0 Å². The first-order valence-corrected chi connectivity index (χ1v) is 9.49. The summed E-state index contributed by atoms with van der Waals surface area (Å²) in [6.45, 7) is 2.28. The van der Waals surface area contributed by atoms with Gasteiger partial charge in [-0.15, -0.1) is 0 Å². The van der Waals surface area contributed by atoms with Crippen LogP contribution in [0, 0.1) is 0 Å². The molecule has 0 saturated heterocycles. The largest absolute Gasteiger partial charge is 0.624 e. The molecule has 0 unspecified atom stereocenters. The van der Waals surface area contributed by atoms with E-state index < -0.39 is 0 Å². The van der Waals surface area contributed by atoms with E-state index in [-0.39, 0.29) is 7.12 Å². The van der Waals surface area contributed by atoms with Crippen molar-refractivity contribution in [2.24, 2.45) is 0 Å². The number of hydrogen-bond donors (Lipinski definition) is 0. The summed E-state index contributed by atoms with van der Waals surface area (Å²) < 4.78 is 11.4. The summed E-state index contributed by atoms with van der Waals surface area (Å²) in [4.78, 5) is 0. The van der Waals surface area contributed by atoms with Gasteiger partial charge in [0.15, 0.2) is 0 Å². The highest BCUT2D eigenvalue weighted by atomic mass is 16.6. The standard InChI is InChI=1S/C20H31BO2/c1-2-3-4-5-6-7-8-9-10-11-12-15-18-21-22-19-16-13-14-17-20(19)23-21/h13-18H,2-12H2,1H3/b18-15+. The lowest BCUT2D eigenvalue weighted by atomic mass is 9.89. The molecule has 0 bridgehead atoms. The third-order valence-corrected chi connectivity index (χ3v) is 4.35. The van der Waals surface area contributed by atoms with Crippen LogP contribution in [0.25, 0.3) is 0 Å². The molecule has 1 aliphatic heterocycles. The highest BCUT2D eigenvalue weighted by molar-refractivity contribution is 6.53. The van der Waals surface area contributed by atoms with Crippen LogP contribution in [0.4, 0.5) is 0 Å². The van der Waals surface area contributed by atoms with Crippen LogP contribution < -0.4 is 9.31 Å². The molecule has 0 N–H and O–H groups in total. The summed E-state index contributed by atoms with van der Waals surface area (Å²) in [5.74, 6) is 3.73.